The maximum atomic E-state index is 11.9. The van der Waals surface area contributed by atoms with Crippen molar-refractivity contribution in [2.75, 3.05) is 6.54 Å². The third-order valence-electron chi connectivity index (χ3n) is 2.81. The average molecular weight is 251 g/mol. The molecule has 0 fully saturated rings. The Morgan fingerprint density at radius 2 is 2.06 bits per heavy atom. The molecule has 0 bridgehead atoms. The van der Waals surface area contributed by atoms with Crippen LogP contribution in [0.15, 0.2) is 12.1 Å². The predicted octanol–water partition coefficient (Wildman–Crippen LogP) is 1.90. The third kappa shape index (κ3) is 3.74. The number of phenolic OH excluding ortho intramolecular Hbond substituents is 1. The van der Waals surface area contributed by atoms with Crippen LogP contribution in [0.25, 0.3) is 0 Å². The average Bonchev–Trinajstić information content (AvgIpc) is 2.31. The monoisotopic (exact) mass is 251 g/mol. The molecule has 4 nitrogen and oxygen atoms in total. The van der Waals surface area contributed by atoms with Gasteiger partial charge in [0.2, 0.25) is 0 Å². The van der Waals surface area contributed by atoms with Gasteiger partial charge in [-0.25, -0.2) is 0 Å². The first kappa shape index (κ1) is 14.5. The fraction of sp³-hybridized carbons (Fsp3) is 0.500. The van der Waals surface area contributed by atoms with Crippen molar-refractivity contribution in [1.29, 1.82) is 0 Å². The van der Waals surface area contributed by atoms with Gasteiger partial charge in [-0.05, 0) is 37.5 Å². The molecular formula is C14H21NO3. The molecule has 0 aromatic heterocycles. The lowest BCUT2D eigenvalue weighted by atomic mass is 10.0. The summed E-state index contributed by atoms with van der Waals surface area (Å²) in [6.07, 6.45) is 0.984. The summed E-state index contributed by atoms with van der Waals surface area (Å²) in [7, 11) is 0. The Balaban J connectivity index is 2.73. The maximum Gasteiger partial charge on any atom is 0.255 e. The Morgan fingerprint density at radius 3 is 2.67 bits per heavy atom. The Kier molecular flexibility index (Phi) is 5.16. The molecule has 1 atom stereocenters. The lowest BCUT2D eigenvalue weighted by Gasteiger charge is -2.12. The quantitative estimate of drug-likeness (QED) is 0.748. The Hall–Kier alpha value is -1.55. The largest absolute Gasteiger partial charge is 0.507 e. The minimum atomic E-state index is -0.535. The van der Waals surface area contributed by atoms with Crippen molar-refractivity contribution in [3.63, 3.8) is 0 Å². The smallest absolute Gasteiger partial charge is 0.255 e. The van der Waals surface area contributed by atoms with E-state index in [0.29, 0.717) is 12.0 Å². The summed E-state index contributed by atoms with van der Waals surface area (Å²) in [5.74, 6) is -0.350. The van der Waals surface area contributed by atoms with Crippen LogP contribution in [0.4, 0.5) is 0 Å². The first-order valence-electron chi connectivity index (χ1n) is 6.22. The number of benzene rings is 1. The van der Waals surface area contributed by atoms with Gasteiger partial charge >= 0.3 is 0 Å². The molecular weight excluding hydrogens is 230 g/mol. The van der Waals surface area contributed by atoms with Gasteiger partial charge in [-0.15, -0.1) is 0 Å². The summed E-state index contributed by atoms with van der Waals surface area (Å²) in [4.78, 5) is 11.9. The second kappa shape index (κ2) is 6.40. The van der Waals surface area contributed by atoms with E-state index in [1.807, 2.05) is 19.9 Å². The molecule has 100 valence electrons. The maximum absolute atomic E-state index is 11.9. The number of aliphatic hydroxyl groups is 1. The van der Waals surface area contributed by atoms with E-state index in [1.165, 1.54) is 0 Å². The van der Waals surface area contributed by atoms with Crippen molar-refractivity contribution in [2.45, 2.75) is 39.7 Å². The Labute approximate surface area is 108 Å². The number of carbonyl (C=O) groups is 1. The fourth-order valence-electron chi connectivity index (χ4n) is 1.87. The molecule has 0 heterocycles. The zero-order chi connectivity index (χ0) is 13.7. The summed E-state index contributed by atoms with van der Waals surface area (Å²) in [5.41, 5.74) is 1.86. The molecule has 1 rings (SSSR count). The number of amides is 1. The molecule has 1 amide bonds. The molecule has 0 saturated heterocycles. The van der Waals surface area contributed by atoms with Gasteiger partial charge in [-0.1, -0.05) is 19.4 Å². The lowest BCUT2D eigenvalue weighted by molar-refractivity contribution is 0.0907. The van der Waals surface area contributed by atoms with Gasteiger partial charge < -0.3 is 15.5 Å². The Bertz CT molecular complexity index is 429. The molecule has 1 unspecified atom stereocenters. The minimum Gasteiger partial charge on any atom is -0.507 e. The summed E-state index contributed by atoms with van der Waals surface area (Å²) >= 11 is 0. The molecule has 0 saturated carbocycles. The van der Waals surface area contributed by atoms with Crippen LogP contribution in [-0.2, 0) is 0 Å². The van der Waals surface area contributed by atoms with Crippen molar-refractivity contribution in [2.24, 2.45) is 0 Å². The molecule has 0 radical (unpaired) electrons. The first-order chi connectivity index (χ1) is 8.45. The van der Waals surface area contributed by atoms with Crippen molar-refractivity contribution in [3.05, 3.63) is 28.8 Å². The van der Waals surface area contributed by atoms with Gasteiger partial charge in [0.25, 0.3) is 5.91 Å². The molecule has 4 heteroatoms. The molecule has 1 aromatic carbocycles. The van der Waals surface area contributed by atoms with E-state index in [1.54, 1.807) is 13.0 Å². The van der Waals surface area contributed by atoms with E-state index in [4.69, 9.17) is 0 Å². The zero-order valence-corrected chi connectivity index (χ0v) is 11.2. The highest BCUT2D eigenvalue weighted by atomic mass is 16.3. The molecule has 18 heavy (non-hydrogen) atoms. The topological polar surface area (TPSA) is 69.6 Å². The molecule has 1 aromatic rings. The summed E-state index contributed by atoms with van der Waals surface area (Å²) < 4.78 is 0. The van der Waals surface area contributed by atoms with Gasteiger partial charge in [-0.3, -0.25) is 4.79 Å². The highest BCUT2D eigenvalue weighted by Crippen LogP contribution is 2.23. The lowest BCUT2D eigenvalue weighted by Crippen LogP contribution is -2.32. The number of phenols is 1. The number of aromatic hydroxyl groups is 1. The molecule has 0 spiro atoms. The van der Waals surface area contributed by atoms with Crippen LogP contribution in [0.1, 0.15) is 41.3 Å². The van der Waals surface area contributed by atoms with Crippen molar-refractivity contribution in [3.8, 4) is 5.75 Å². The third-order valence-corrected chi connectivity index (χ3v) is 2.81. The fourth-order valence-corrected chi connectivity index (χ4v) is 1.87. The van der Waals surface area contributed by atoms with E-state index in [2.05, 4.69) is 5.32 Å². The predicted molar refractivity (Wildman–Crippen MR) is 70.8 cm³/mol. The van der Waals surface area contributed by atoms with Gasteiger partial charge in [0.05, 0.1) is 11.7 Å². The number of aliphatic hydroxyl groups excluding tert-OH is 1. The van der Waals surface area contributed by atoms with Crippen LogP contribution < -0.4 is 5.32 Å². The summed E-state index contributed by atoms with van der Waals surface area (Å²) in [6, 6.07) is 3.46. The number of hydrogen-bond donors (Lipinski definition) is 3. The number of carbonyl (C=O) groups excluding carboxylic acids is 1. The highest BCUT2D eigenvalue weighted by molar-refractivity contribution is 5.97. The SMILES string of the molecule is CCCC(O)CNC(=O)c1cc(C)cc(C)c1O. The van der Waals surface area contributed by atoms with Crippen LogP contribution >= 0.6 is 0 Å². The molecule has 0 aliphatic carbocycles. The zero-order valence-electron chi connectivity index (χ0n) is 11.2. The first-order valence-corrected chi connectivity index (χ1v) is 6.22. The number of nitrogens with one attached hydrogen (secondary N) is 1. The highest BCUT2D eigenvalue weighted by Gasteiger charge is 2.14. The summed E-state index contributed by atoms with van der Waals surface area (Å²) in [6.45, 7) is 5.81. The molecule has 0 aliphatic heterocycles. The second-order valence-electron chi connectivity index (χ2n) is 4.63. The van der Waals surface area contributed by atoms with E-state index in [0.717, 1.165) is 12.0 Å². The van der Waals surface area contributed by atoms with Gasteiger partial charge in [0, 0.05) is 6.54 Å². The van der Waals surface area contributed by atoms with Gasteiger partial charge in [0.1, 0.15) is 5.75 Å². The Morgan fingerprint density at radius 1 is 1.39 bits per heavy atom. The van der Waals surface area contributed by atoms with Crippen molar-refractivity contribution < 1.29 is 15.0 Å². The van der Waals surface area contributed by atoms with E-state index < -0.39 is 6.10 Å². The number of aryl methyl sites for hydroxylation is 2. The van der Waals surface area contributed by atoms with Gasteiger partial charge in [0.15, 0.2) is 0 Å². The van der Waals surface area contributed by atoms with Crippen LogP contribution in [-0.4, -0.2) is 28.8 Å². The van der Waals surface area contributed by atoms with E-state index in [-0.39, 0.29) is 23.8 Å². The molecule has 3 N–H and O–H groups in total. The van der Waals surface area contributed by atoms with Crippen molar-refractivity contribution in [1.82, 2.24) is 5.32 Å². The number of hydrogen-bond acceptors (Lipinski definition) is 3. The second-order valence-corrected chi connectivity index (χ2v) is 4.63. The standard InChI is InChI=1S/C14H21NO3/c1-4-5-11(16)8-15-14(18)12-7-9(2)6-10(3)13(12)17/h6-7,11,16-17H,4-5,8H2,1-3H3,(H,15,18). The van der Waals surface area contributed by atoms with Crippen molar-refractivity contribution >= 4 is 5.91 Å². The molecule has 0 aliphatic rings. The van der Waals surface area contributed by atoms with Crippen LogP contribution in [0.3, 0.4) is 0 Å². The van der Waals surface area contributed by atoms with Crippen LogP contribution in [0, 0.1) is 13.8 Å². The number of rotatable bonds is 5. The summed E-state index contributed by atoms with van der Waals surface area (Å²) in [5, 5.41) is 22.0. The minimum absolute atomic E-state index is 0.00285. The van der Waals surface area contributed by atoms with E-state index >= 15 is 0 Å². The normalized spacial score (nSPS) is 12.2. The van der Waals surface area contributed by atoms with Gasteiger partial charge in [-0.2, -0.15) is 0 Å². The van der Waals surface area contributed by atoms with Crippen LogP contribution in [0.2, 0.25) is 0 Å². The van der Waals surface area contributed by atoms with Crippen LogP contribution in [0.5, 0.6) is 5.75 Å². The van der Waals surface area contributed by atoms with E-state index in [9.17, 15) is 15.0 Å².